The molecule has 4 rings (SSSR count). The summed E-state index contributed by atoms with van der Waals surface area (Å²) in [4.78, 5) is 12.8. The van der Waals surface area contributed by atoms with Crippen molar-refractivity contribution in [3.8, 4) is 5.75 Å². The number of carbonyl (C=O) groups is 1. The maximum atomic E-state index is 12.8. The molecule has 1 amide bonds. The Bertz CT molecular complexity index is 699. The number of phenolic OH excluding ortho intramolecular Hbond substituents is 1. The second-order valence-electron chi connectivity index (χ2n) is 8.67. The van der Waals surface area contributed by atoms with Crippen molar-refractivity contribution in [2.75, 3.05) is 4.43 Å². The van der Waals surface area contributed by atoms with E-state index >= 15 is 0 Å². The summed E-state index contributed by atoms with van der Waals surface area (Å²) in [5.74, 6) is 0.889. The second kappa shape index (κ2) is 6.03. The molecule has 0 unspecified atom stereocenters. The zero-order chi connectivity index (χ0) is 17.8. The second-order valence-corrected chi connectivity index (χ2v) is 11.2. The van der Waals surface area contributed by atoms with Crippen LogP contribution in [-0.2, 0) is 16.6 Å². The number of benzene rings is 1. The number of hydrogen-bond acceptors (Lipinski definition) is 3. The van der Waals surface area contributed by atoms with Crippen LogP contribution in [0.4, 0.5) is 4.79 Å². The minimum absolute atomic E-state index is 0.119. The van der Waals surface area contributed by atoms with Crippen molar-refractivity contribution in [3.63, 3.8) is 0 Å². The molecule has 2 bridgehead atoms. The molecule has 1 heterocycles. The monoisotopic (exact) mass is 456 g/mol. The molecular weight excluding hydrogens is 429 g/mol. The van der Waals surface area contributed by atoms with Gasteiger partial charge in [-0.3, -0.25) is 0 Å². The molecule has 2 aliphatic carbocycles. The van der Waals surface area contributed by atoms with E-state index in [1.807, 2.05) is 26.8 Å². The topological polar surface area (TPSA) is 49.8 Å². The van der Waals surface area contributed by atoms with Crippen molar-refractivity contribution in [2.24, 2.45) is 5.92 Å². The molecule has 3 atom stereocenters. The Hall–Kier alpha value is -0.980. The van der Waals surface area contributed by atoms with Crippen LogP contribution in [0.25, 0.3) is 0 Å². The Kier molecular flexibility index (Phi) is 4.21. The van der Waals surface area contributed by atoms with Crippen LogP contribution >= 0.6 is 0 Å². The van der Waals surface area contributed by atoms with Gasteiger partial charge in [-0.2, -0.15) is 0 Å². The Morgan fingerprint density at radius 2 is 2.16 bits per heavy atom. The third-order valence-electron chi connectivity index (χ3n) is 5.91. The van der Waals surface area contributed by atoms with E-state index in [0.29, 0.717) is 11.7 Å². The molecular formula is C20H27INO3-. The van der Waals surface area contributed by atoms with Crippen molar-refractivity contribution in [1.82, 2.24) is 3.11 Å². The minimum atomic E-state index is -0.444. The average Bonchev–Trinajstić information content (AvgIpc) is 2.54. The number of fused-ring (bicyclic) bond motifs is 1. The van der Waals surface area contributed by atoms with Crippen LogP contribution < -0.4 is 21.5 Å². The molecule has 5 heteroatoms. The number of hydrogen-bond donors (Lipinski definition) is 1. The van der Waals surface area contributed by atoms with Gasteiger partial charge in [-0.15, -0.1) is 0 Å². The Morgan fingerprint density at radius 1 is 1.36 bits per heavy atom. The van der Waals surface area contributed by atoms with Gasteiger partial charge in [0.05, 0.1) is 0 Å². The van der Waals surface area contributed by atoms with E-state index in [-0.39, 0.29) is 17.6 Å². The first-order valence-electron chi connectivity index (χ1n) is 9.24. The summed E-state index contributed by atoms with van der Waals surface area (Å²) >= 11 is -0.396. The van der Waals surface area contributed by atoms with Crippen LogP contribution in [0, 0.1) is 5.92 Å². The molecule has 1 saturated carbocycles. The van der Waals surface area contributed by atoms with Gasteiger partial charge in [-0.1, -0.05) is 0 Å². The number of rotatable bonds is 0. The van der Waals surface area contributed by atoms with Gasteiger partial charge in [0.25, 0.3) is 0 Å². The number of phenols is 1. The van der Waals surface area contributed by atoms with Crippen molar-refractivity contribution >= 4 is 6.09 Å². The molecule has 138 valence electrons. The summed E-state index contributed by atoms with van der Waals surface area (Å²) in [5.41, 5.74) is 2.43. The molecule has 0 radical (unpaired) electrons. The Labute approximate surface area is 160 Å². The molecule has 2 fully saturated rings. The van der Waals surface area contributed by atoms with E-state index in [0.717, 1.165) is 10.8 Å². The van der Waals surface area contributed by atoms with Crippen molar-refractivity contribution in [1.29, 1.82) is 0 Å². The van der Waals surface area contributed by atoms with Gasteiger partial charge in [0.15, 0.2) is 0 Å². The Morgan fingerprint density at radius 3 is 2.92 bits per heavy atom. The van der Waals surface area contributed by atoms with Gasteiger partial charge in [0.1, 0.15) is 0 Å². The van der Waals surface area contributed by atoms with Crippen molar-refractivity contribution in [3.05, 3.63) is 29.3 Å². The number of ether oxygens (including phenoxy) is 1. The number of halogens is 1. The Balaban J connectivity index is 1.73. The summed E-state index contributed by atoms with van der Waals surface area (Å²) in [6, 6.07) is 6.15. The first kappa shape index (κ1) is 17.4. The fraction of sp³-hybridized carbons (Fsp3) is 0.650. The molecule has 1 aromatic carbocycles. The predicted molar refractivity (Wildman–Crippen MR) is 92.2 cm³/mol. The van der Waals surface area contributed by atoms with Crippen LogP contribution in [0.15, 0.2) is 18.2 Å². The first-order chi connectivity index (χ1) is 11.8. The normalized spacial score (nSPS) is 31.4. The predicted octanol–water partition coefficient (Wildman–Crippen LogP) is 1.000. The van der Waals surface area contributed by atoms with Gasteiger partial charge >= 0.3 is 161 Å². The molecule has 0 aromatic heterocycles. The standard InChI is InChI=1S/C20H27INO3/c1-19(2,3)25-18(24)22-17-10-13-7-8-14(23)11-16(13)20(12-21-22)9-5-4-6-15(17)20/h7-8,11,15,17,23H,4-6,9-10,12H2,1-3H3/q-1/t15-,17+,20+/m1/s1. The van der Waals surface area contributed by atoms with Crippen molar-refractivity contribution < 1.29 is 36.1 Å². The van der Waals surface area contributed by atoms with E-state index in [4.69, 9.17) is 4.74 Å². The van der Waals surface area contributed by atoms with E-state index in [1.165, 1.54) is 36.8 Å². The third-order valence-corrected chi connectivity index (χ3v) is 9.45. The van der Waals surface area contributed by atoms with Gasteiger partial charge in [0.2, 0.25) is 0 Å². The molecule has 0 spiro atoms. The van der Waals surface area contributed by atoms with Crippen LogP contribution in [0.5, 0.6) is 5.75 Å². The number of nitrogens with zero attached hydrogens (tertiary/aromatic N) is 1. The van der Waals surface area contributed by atoms with Gasteiger partial charge in [-0.25, -0.2) is 0 Å². The number of aromatic hydroxyl groups is 1. The summed E-state index contributed by atoms with van der Waals surface area (Å²) in [6.45, 7) is 5.82. The summed E-state index contributed by atoms with van der Waals surface area (Å²) in [7, 11) is 0. The number of carbonyl (C=O) groups excluding carboxylic acids is 1. The molecule has 1 N–H and O–H groups in total. The van der Waals surface area contributed by atoms with Gasteiger partial charge in [-0.05, 0) is 0 Å². The molecule has 1 aromatic rings. The first-order valence-corrected chi connectivity index (χ1v) is 11.7. The molecule has 1 aliphatic heterocycles. The van der Waals surface area contributed by atoms with Crippen LogP contribution in [0.1, 0.15) is 57.6 Å². The van der Waals surface area contributed by atoms with Crippen LogP contribution in [0.3, 0.4) is 0 Å². The number of amides is 1. The van der Waals surface area contributed by atoms with Gasteiger partial charge in [0, 0.05) is 0 Å². The molecule has 4 nitrogen and oxygen atoms in total. The van der Waals surface area contributed by atoms with Crippen molar-refractivity contribution in [2.45, 2.75) is 69.9 Å². The van der Waals surface area contributed by atoms with Crippen LogP contribution in [-0.4, -0.2) is 30.4 Å². The van der Waals surface area contributed by atoms with Gasteiger partial charge < -0.3 is 0 Å². The van der Waals surface area contributed by atoms with Crippen LogP contribution in [0.2, 0.25) is 0 Å². The van der Waals surface area contributed by atoms with E-state index < -0.39 is 27.1 Å². The SMILES string of the molecule is CC(C)(C)OC(=O)N1[I-]C[C@@]23CCCC[C@@H]2[C@@H]1Cc1ccc(O)cc13. The zero-order valence-electron chi connectivity index (χ0n) is 15.2. The van der Waals surface area contributed by atoms with E-state index in [1.54, 1.807) is 6.07 Å². The summed E-state index contributed by atoms with van der Waals surface area (Å²) in [6.07, 6.45) is 5.68. The quantitative estimate of drug-likeness (QED) is 0.360. The molecule has 3 aliphatic rings. The average molecular weight is 456 g/mol. The van der Waals surface area contributed by atoms with E-state index in [9.17, 15) is 9.90 Å². The molecule has 1 saturated heterocycles. The molecule has 25 heavy (non-hydrogen) atoms. The maximum absolute atomic E-state index is 12.8. The summed E-state index contributed by atoms with van der Waals surface area (Å²) in [5, 5.41) is 10.1. The fourth-order valence-electron chi connectivity index (χ4n) is 4.96. The third kappa shape index (κ3) is 2.92. The summed E-state index contributed by atoms with van der Waals surface area (Å²) < 4.78 is 8.92. The zero-order valence-corrected chi connectivity index (χ0v) is 17.4. The number of alkyl halides is 1. The van der Waals surface area contributed by atoms with E-state index in [2.05, 4.69) is 9.18 Å². The fourth-order valence-corrected chi connectivity index (χ4v) is 8.76.